The minimum absolute atomic E-state index is 0.0144. The number of piperidine rings is 1. The standard InChI is InChI=1S/C14H17N3O2.C2H6/c1-9-2-4-12(15-6-9)17-7-10(8-17)11-3-5-13(18)16-14(11)19;1-2/h2,4,6,10-11H,3,5,7-8H2,1H3,(H,16,18,19);1-2H3. The van der Waals surface area contributed by atoms with Crippen LogP contribution >= 0.6 is 0 Å². The van der Waals surface area contributed by atoms with Crippen molar-refractivity contribution in [3.05, 3.63) is 23.9 Å². The average Bonchev–Trinajstić information content (AvgIpc) is 2.44. The van der Waals surface area contributed by atoms with Gasteiger partial charge in [0.05, 0.1) is 0 Å². The molecule has 5 heteroatoms. The molecule has 5 nitrogen and oxygen atoms in total. The van der Waals surface area contributed by atoms with Crippen molar-refractivity contribution in [3.63, 3.8) is 0 Å². The summed E-state index contributed by atoms with van der Waals surface area (Å²) in [6, 6.07) is 4.05. The number of carbonyl (C=O) groups excluding carboxylic acids is 2. The van der Waals surface area contributed by atoms with Gasteiger partial charge >= 0.3 is 0 Å². The molecular formula is C16H23N3O2. The minimum atomic E-state index is -0.141. The van der Waals surface area contributed by atoms with E-state index < -0.39 is 0 Å². The Balaban J connectivity index is 0.000000774. The summed E-state index contributed by atoms with van der Waals surface area (Å²) in [6.07, 6.45) is 3.01. The van der Waals surface area contributed by atoms with Gasteiger partial charge < -0.3 is 4.90 Å². The molecule has 2 amide bonds. The fourth-order valence-electron chi connectivity index (χ4n) is 2.76. The number of aryl methyl sites for hydroxylation is 1. The first-order chi connectivity index (χ1) is 10.1. The lowest BCUT2D eigenvalue weighted by Gasteiger charge is -2.44. The Morgan fingerprint density at radius 3 is 2.52 bits per heavy atom. The van der Waals surface area contributed by atoms with Crippen LogP contribution in [0.1, 0.15) is 32.3 Å². The first kappa shape index (κ1) is 15.5. The number of hydrogen-bond donors (Lipinski definition) is 1. The van der Waals surface area contributed by atoms with Crippen molar-refractivity contribution < 1.29 is 9.59 Å². The van der Waals surface area contributed by atoms with Crippen molar-refractivity contribution in [2.45, 2.75) is 33.6 Å². The third-order valence-electron chi connectivity index (χ3n) is 3.98. The van der Waals surface area contributed by atoms with Gasteiger partial charge in [-0.25, -0.2) is 4.98 Å². The highest BCUT2D eigenvalue weighted by Gasteiger charge is 2.40. The minimum Gasteiger partial charge on any atom is -0.356 e. The number of carbonyl (C=O) groups is 2. The third-order valence-corrected chi connectivity index (χ3v) is 3.98. The second-order valence-corrected chi connectivity index (χ2v) is 5.42. The Labute approximate surface area is 125 Å². The number of amides is 2. The molecule has 3 heterocycles. The number of nitrogens with zero attached hydrogens (tertiary/aromatic N) is 2. The zero-order chi connectivity index (χ0) is 15.4. The van der Waals surface area contributed by atoms with E-state index in [2.05, 4.69) is 15.2 Å². The molecule has 1 unspecified atom stereocenters. The molecule has 2 aliphatic rings. The Morgan fingerprint density at radius 2 is 1.95 bits per heavy atom. The van der Waals surface area contributed by atoms with Crippen LogP contribution in [0.3, 0.4) is 0 Å². The lowest BCUT2D eigenvalue weighted by Crippen LogP contribution is -2.55. The molecular weight excluding hydrogens is 266 g/mol. The summed E-state index contributed by atoms with van der Waals surface area (Å²) in [6.45, 7) is 7.71. The summed E-state index contributed by atoms with van der Waals surface area (Å²) >= 11 is 0. The molecule has 3 rings (SSSR count). The maximum Gasteiger partial charge on any atom is 0.230 e. The quantitative estimate of drug-likeness (QED) is 0.845. The van der Waals surface area contributed by atoms with Crippen LogP contribution in [0, 0.1) is 18.8 Å². The Morgan fingerprint density at radius 1 is 1.24 bits per heavy atom. The van der Waals surface area contributed by atoms with Gasteiger partial charge in [0.25, 0.3) is 0 Å². The molecule has 0 aromatic carbocycles. The van der Waals surface area contributed by atoms with Crippen LogP contribution in [0.5, 0.6) is 0 Å². The van der Waals surface area contributed by atoms with Crippen molar-refractivity contribution in [1.82, 2.24) is 10.3 Å². The largest absolute Gasteiger partial charge is 0.356 e. The molecule has 1 N–H and O–H groups in total. The van der Waals surface area contributed by atoms with E-state index in [1.165, 1.54) is 0 Å². The van der Waals surface area contributed by atoms with Gasteiger partial charge in [-0.05, 0) is 25.0 Å². The summed E-state index contributed by atoms with van der Waals surface area (Å²) in [5.74, 6) is 1.06. The van der Waals surface area contributed by atoms with Gasteiger partial charge in [-0.3, -0.25) is 14.9 Å². The molecule has 0 aliphatic carbocycles. The Kier molecular flexibility index (Phi) is 4.94. The van der Waals surface area contributed by atoms with Crippen LogP contribution in [0.25, 0.3) is 0 Å². The molecule has 2 fully saturated rings. The van der Waals surface area contributed by atoms with Crippen molar-refractivity contribution in [1.29, 1.82) is 0 Å². The van der Waals surface area contributed by atoms with Crippen LogP contribution in [0.15, 0.2) is 18.3 Å². The van der Waals surface area contributed by atoms with E-state index in [4.69, 9.17) is 0 Å². The van der Waals surface area contributed by atoms with Crippen LogP contribution in [-0.2, 0) is 9.59 Å². The average molecular weight is 289 g/mol. The lowest BCUT2D eigenvalue weighted by atomic mass is 9.80. The third kappa shape index (κ3) is 3.40. The van der Waals surface area contributed by atoms with E-state index in [0.29, 0.717) is 18.8 Å². The van der Waals surface area contributed by atoms with Gasteiger partial charge in [0.15, 0.2) is 0 Å². The van der Waals surface area contributed by atoms with Crippen molar-refractivity contribution in [3.8, 4) is 0 Å². The van der Waals surface area contributed by atoms with E-state index in [1.54, 1.807) is 0 Å². The smallest absolute Gasteiger partial charge is 0.230 e. The molecule has 2 aliphatic heterocycles. The normalized spacial score (nSPS) is 22.0. The molecule has 1 aromatic rings. The lowest BCUT2D eigenvalue weighted by molar-refractivity contribution is -0.138. The van der Waals surface area contributed by atoms with E-state index in [-0.39, 0.29) is 17.7 Å². The number of pyridine rings is 1. The summed E-state index contributed by atoms with van der Waals surface area (Å²) in [5, 5.41) is 2.43. The SMILES string of the molecule is CC.Cc1ccc(N2CC(C3CCC(=O)NC3=O)C2)nc1. The summed E-state index contributed by atoms with van der Waals surface area (Å²) in [7, 11) is 0. The van der Waals surface area contributed by atoms with Gasteiger partial charge in [0, 0.05) is 37.5 Å². The van der Waals surface area contributed by atoms with E-state index in [0.717, 1.165) is 24.5 Å². The monoisotopic (exact) mass is 289 g/mol. The second-order valence-electron chi connectivity index (χ2n) is 5.42. The molecule has 114 valence electrons. The summed E-state index contributed by atoms with van der Waals surface area (Å²) in [4.78, 5) is 29.4. The van der Waals surface area contributed by atoms with Crippen molar-refractivity contribution in [2.24, 2.45) is 11.8 Å². The Bertz CT molecular complexity index is 507. The number of imide groups is 1. The highest BCUT2D eigenvalue weighted by atomic mass is 16.2. The predicted octanol–water partition coefficient (Wildman–Crippen LogP) is 1.91. The summed E-state index contributed by atoms with van der Waals surface area (Å²) in [5.41, 5.74) is 1.14. The molecule has 21 heavy (non-hydrogen) atoms. The van der Waals surface area contributed by atoms with E-state index >= 15 is 0 Å². The van der Waals surface area contributed by atoms with Crippen LogP contribution in [0.2, 0.25) is 0 Å². The number of aromatic nitrogens is 1. The first-order valence-corrected chi connectivity index (χ1v) is 7.65. The molecule has 2 saturated heterocycles. The number of nitrogens with one attached hydrogen (secondary N) is 1. The zero-order valence-corrected chi connectivity index (χ0v) is 12.9. The fraction of sp³-hybridized carbons (Fsp3) is 0.562. The van der Waals surface area contributed by atoms with E-state index in [1.807, 2.05) is 39.1 Å². The van der Waals surface area contributed by atoms with Crippen LogP contribution < -0.4 is 10.2 Å². The van der Waals surface area contributed by atoms with Gasteiger partial charge in [0.2, 0.25) is 11.8 Å². The van der Waals surface area contributed by atoms with Gasteiger partial charge in [-0.15, -0.1) is 0 Å². The molecule has 1 atom stereocenters. The second kappa shape index (κ2) is 6.70. The van der Waals surface area contributed by atoms with Crippen LogP contribution in [0.4, 0.5) is 5.82 Å². The molecule has 0 spiro atoms. The molecule has 1 aromatic heterocycles. The fourth-order valence-corrected chi connectivity index (χ4v) is 2.76. The predicted molar refractivity (Wildman–Crippen MR) is 81.9 cm³/mol. The number of hydrogen-bond acceptors (Lipinski definition) is 4. The van der Waals surface area contributed by atoms with Crippen molar-refractivity contribution >= 4 is 17.6 Å². The summed E-state index contributed by atoms with van der Waals surface area (Å²) < 4.78 is 0. The van der Waals surface area contributed by atoms with Gasteiger partial charge in [-0.2, -0.15) is 0 Å². The zero-order valence-electron chi connectivity index (χ0n) is 12.9. The molecule has 0 bridgehead atoms. The number of rotatable bonds is 2. The van der Waals surface area contributed by atoms with Gasteiger partial charge in [-0.1, -0.05) is 19.9 Å². The Hall–Kier alpha value is -1.91. The topological polar surface area (TPSA) is 62.3 Å². The maximum atomic E-state index is 11.8. The van der Waals surface area contributed by atoms with Crippen molar-refractivity contribution in [2.75, 3.05) is 18.0 Å². The molecule has 0 radical (unpaired) electrons. The highest BCUT2D eigenvalue weighted by Crippen LogP contribution is 2.32. The van der Waals surface area contributed by atoms with E-state index in [9.17, 15) is 9.59 Å². The van der Waals surface area contributed by atoms with Gasteiger partial charge in [0.1, 0.15) is 5.82 Å². The highest BCUT2D eigenvalue weighted by molar-refractivity contribution is 5.98. The van der Waals surface area contributed by atoms with Crippen LogP contribution in [-0.4, -0.2) is 29.9 Å². The maximum absolute atomic E-state index is 11.8. The first-order valence-electron chi connectivity index (χ1n) is 7.65. The number of anilines is 1. The molecule has 0 saturated carbocycles.